The van der Waals surface area contributed by atoms with E-state index in [0.29, 0.717) is 0 Å². The molecule has 0 aliphatic heterocycles. The van der Waals surface area contributed by atoms with E-state index in [9.17, 15) is 0 Å². The molecule has 0 saturated carbocycles. The fraction of sp³-hybridized carbons (Fsp3) is 0.800. The summed E-state index contributed by atoms with van der Waals surface area (Å²) in [6.07, 6.45) is -0.125. The van der Waals surface area contributed by atoms with Crippen molar-refractivity contribution in [3.63, 3.8) is 0 Å². The summed E-state index contributed by atoms with van der Waals surface area (Å²) >= 11 is 0. The summed E-state index contributed by atoms with van der Waals surface area (Å²) in [5.74, 6) is 1.07. The molecule has 7 heavy (non-hydrogen) atoms. The van der Waals surface area contributed by atoms with Gasteiger partial charge in [0.2, 0.25) is 0 Å². The minimum atomic E-state index is -0.125. The standard InChI is InChI=1S/C5H11O2/c1-4(2)5(3)7-6/h5-6H,1-3H3. The van der Waals surface area contributed by atoms with Crippen LogP contribution in [0.25, 0.3) is 0 Å². The van der Waals surface area contributed by atoms with Gasteiger partial charge in [-0.05, 0) is 6.92 Å². The van der Waals surface area contributed by atoms with E-state index in [4.69, 9.17) is 5.26 Å². The average Bonchev–Trinajstić information content (AvgIpc) is 1.65. The van der Waals surface area contributed by atoms with Crippen LogP contribution in [-0.2, 0) is 4.89 Å². The summed E-state index contributed by atoms with van der Waals surface area (Å²) in [5, 5.41) is 7.98. The van der Waals surface area contributed by atoms with Gasteiger partial charge in [0.05, 0.1) is 6.10 Å². The summed E-state index contributed by atoms with van der Waals surface area (Å²) in [6.45, 7) is 5.59. The Hall–Kier alpha value is -0.0800. The molecule has 0 aromatic rings. The van der Waals surface area contributed by atoms with Crippen molar-refractivity contribution < 1.29 is 10.1 Å². The number of rotatable bonds is 2. The van der Waals surface area contributed by atoms with Crippen LogP contribution in [0.5, 0.6) is 0 Å². The van der Waals surface area contributed by atoms with Crippen LogP contribution in [0.15, 0.2) is 0 Å². The van der Waals surface area contributed by atoms with Crippen molar-refractivity contribution in [3.8, 4) is 0 Å². The zero-order chi connectivity index (χ0) is 5.86. The first-order valence-corrected chi connectivity index (χ1v) is 2.28. The summed E-state index contributed by atoms with van der Waals surface area (Å²) in [5.41, 5.74) is 0. The summed E-state index contributed by atoms with van der Waals surface area (Å²) in [7, 11) is 0. The second-order valence-corrected chi connectivity index (χ2v) is 1.82. The molecule has 1 atom stereocenters. The zero-order valence-corrected chi connectivity index (χ0v) is 4.93. The van der Waals surface area contributed by atoms with Gasteiger partial charge in [-0.15, -0.1) is 0 Å². The second kappa shape index (κ2) is 2.99. The second-order valence-electron chi connectivity index (χ2n) is 1.82. The Morgan fingerprint density at radius 1 is 1.57 bits per heavy atom. The lowest BCUT2D eigenvalue weighted by Crippen LogP contribution is -2.10. The van der Waals surface area contributed by atoms with E-state index < -0.39 is 0 Å². The van der Waals surface area contributed by atoms with Crippen LogP contribution in [0.4, 0.5) is 0 Å². The minimum Gasteiger partial charge on any atom is -0.252 e. The maximum atomic E-state index is 7.98. The van der Waals surface area contributed by atoms with Crippen molar-refractivity contribution in [2.24, 2.45) is 0 Å². The third-order valence-corrected chi connectivity index (χ3v) is 0.971. The highest BCUT2D eigenvalue weighted by molar-refractivity contribution is 4.83. The van der Waals surface area contributed by atoms with E-state index >= 15 is 0 Å². The van der Waals surface area contributed by atoms with Crippen LogP contribution in [0.3, 0.4) is 0 Å². The van der Waals surface area contributed by atoms with Gasteiger partial charge in [0.1, 0.15) is 0 Å². The Morgan fingerprint density at radius 2 is 2.00 bits per heavy atom. The van der Waals surface area contributed by atoms with Crippen molar-refractivity contribution in [2.45, 2.75) is 26.9 Å². The number of hydrogen-bond donors (Lipinski definition) is 1. The lowest BCUT2D eigenvalue weighted by atomic mass is 10.1. The molecule has 0 spiro atoms. The van der Waals surface area contributed by atoms with E-state index in [1.165, 1.54) is 0 Å². The van der Waals surface area contributed by atoms with Crippen LogP contribution in [-0.4, -0.2) is 11.4 Å². The van der Waals surface area contributed by atoms with Crippen LogP contribution in [0.1, 0.15) is 20.8 Å². The smallest absolute Gasteiger partial charge is 0.0956 e. The Bertz CT molecular complexity index is 43.3. The predicted octanol–water partition coefficient (Wildman–Crippen LogP) is 1.48. The van der Waals surface area contributed by atoms with Crippen molar-refractivity contribution in [2.75, 3.05) is 0 Å². The first-order chi connectivity index (χ1) is 3.18. The molecule has 0 heterocycles. The van der Waals surface area contributed by atoms with Gasteiger partial charge in [0.25, 0.3) is 0 Å². The average molecular weight is 103 g/mol. The molecule has 0 bridgehead atoms. The summed E-state index contributed by atoms with van der Waals surface area (Å²) in [4.78, 5) is 3.97. The maximum absolute atomic E-state index is 7.98. The van der Waals surface area contributed by atoms with Crippen molar-refractivity contribution in [1.82, 2.24) is 0 Å². The van der Waals surface area contributed by atoms with Gasteiger partial charge in [0.15, 0.2) is 0 Å². The largest absolute Gasteiger partial charge is 0.252 e. The Labute approximate surface area is 44.0 Å². The molecule has 0 aromatic heterocycles. The van der Waals surface area contributed by atoms with Crippen molar-refractivity contribution in [3.05, 3.63) is 5.92 Å². The topological polar surface area (TPSA) is 29.5 Å². The Balaban J connectivity index is 3.14. The molecule has 2 nitrogen and oxygen atoms in total. The van der Waals surface area contributed by atoms with Crippen molar-refractivity contribution in [1.29, 1.82) is 0 Å². The lowest BCUT2D eigenvalue weighted by molar-refractivity contribution is -0.268. The molecule has 1 N–H and O–H groups in total. The lowest BCUT2D eigenvalue weighted by Gasteiger charge is -2.08. The first-order valence-electron chi connectivity index (χ1n) is 2.28. The highest BCUT2D eigenvalue weighted by Gasteiger charge is 2.04. The van der Waals surface area contributed by atoms with Gasteiger partial charge >= 0.3 is 0 Å². The molecule has 0 aromatic carbocycles. The molecule has 1 unspecified atom stereocenters. The summed E-state index contributed by atoms with van der Waals surface area (Å²) in [6, 6.07) is 0. The zero-order valence-electron chi connectivity index (χ0n) is 4.93. The van der Waals surface area contributed by atoms with E-state index in [2.05, 4.69) is 4.89 Å². The third kappa shape index (κ3) is 2.60. The summed E-state index contributed by atoms with van der Waals surface area (Å²) < 4.78 is 0. The van der Waals surface area contributed by atoms with Gasteiger partial charge in [-0.3, -0.25) is 5.26 Å². The highest BCUT2D eigenvalue weighted by Crippen LogP contribution is 2.04. The molecule has 2 heteroatoms. The quantitative estimate of drug-likeness (QED) is 0.423. The highest BCUT2D eigenvalue weighted by atomic mass is 17.1. The monoisotopic (exact) mass is 103 g/mol. The molecule has 1 radical (unpaired) electrons. The predicted molar refractivity (Wildman–Crippen MR) is 27.8 cm³/mol. The molecule has 0 amide bonds. The van der Waals surface area contributed by atoms with Crippen molar-refractivity contribution >= 4 is 0 Å². The van der Waals surface area contributed by atoms with Gasteiger partial charge in [-0.2, -0.15) is 0 Å². The van der Waals surface area contributed by atoms with E-state index in [0.717, 1.165) is 5.92 Å². The molecular formula is C5H11O2. The van der Waals surface area contributed by atoms with E-state index in [-0.39, 0.29) is 6.10 Å². The molecule has 0 aliphatic carbocycles. The molecule has 43 valence electrons. The third-order valence-electron chi connectivity index (χ3n) is 0.971. The van der Waals surface area contributed by atoms with Crippen LogP contribution < -0.4 is 0 Å². The van der Waals surface area contributed by atoms with Crippen LogP contribution in [0.2, 0.25) is 0 Å². The first kappa shape index (κ1) is 6.92. The Kier molecular flexibility index (Phi) is 2.96. The molecule has 0 aliphatic rings. The fourth-order valence-electron chi connectivity index (χ4n) is 0.105. The van der Waals surface area contributed by atoms with Gasteiger partial charge in [-0.25, -0.2) is 4.89 Å². The molecule has 0 saturated heterocycles. The fourth-order valence-corrected chi connectivity index (χ4v) is 0.105. The molecular weight excluding hydrogens is 92.1 g/mol. The van der Waals surface area contributed by atoms with E-state index in [1.54, 1.807) is 6.92 Å². The normalized spacial score (nSPS) is 15.0. The van der Waals surface area contributed by atoms with Gasteiger partial charge < -0.3 is 0 Å². The maximum Gasteiger partial charge on any atom is 0.0956 e. The molecule has 0 fully saturated rings. The van der Waals surface area contributed by atoms with E-state index in [1.807, 2.05) is 13.8 Å². The van der Waals surface area contributed by atoms with Crippen LogP contribution >= 0.6 is 0 Å². The Morgan fingerprint density at radius 3 is 2.00 bits per heavy atom. The van der Waals surface area contributed by atoms with Gasteiger partial charge in [0, 0.05) is 5.92 Å². The SMILES string of the molecule is C[C](C)C(C)OO. The number of hydrogen-bond acceptors (Lipinski definition) is 2. The molecule has 0 rings (SSSR count). The minimum absolute atomic E-state index is 0.125. The van der Waals surface area contributed by atoms with Crippen LogP contribution in [0, 0.1) is 5.92 Å². The van der Waals surface area contributed by atoms with Gasteiger partial charge in [-0.1, -0.05) is 13.8 Å².